The van der Waals surface area contributed by atoms with Gasteiger partial charge in [0.1, 0.15) is 0 Å². The predicted molar refractivity (Wildman–Crippen MR) is 81.8 cm³/mol. The molecule has 2 nitrogen and oxygen atoms in total. The van der Waals surface area contributed by atoms with Gasteiger partial charge in [-0.2, -0.15) is 0 Å². The van der Waals surface area contributed by atoms with Crippen molar-refractivity contribution in [1.82, 2.24) is 0 Å². The van der Waals surface area contributed by atoms with Crippen LogP contribution in [0.2, 0.25) is 5.02 Å². The van der Waals surface area contributed by atoms with Gasteiger partial charge in [0, 0.05) is 23.8 Å². The minimum Gasteiger partial charge on any atom is -0.392 e. The highest BCUT2D eigenvalue weighted by atomic mass is 35.5. The van der Waals surface area contributed by atoms with E-state index in [1.165, 1.54) is 37.8 Å². The molecule has 1 unspecified atom stereocenters. The van der Waals surface area contributed by atoms with Gasteiger partial charge in [0.15, 0.2) is 0 Å². The van der Waals surface area contributed by atoms with Crippen LogP contribution in [0.15, 0.2) is 18.2 Å². The molecular formula is C16H24ClNO. The molecule has 1 heterocycles. The lowest BCUT2D eigenvalue weighted by Crippen LogP contribution is -2.24. The van der Waals surface area contributed by atoms with Crippen LogP contribution in [-0.4, -0.2) is 18.2 Å². The van der Waals surface area contributed by atoms with Gasteiger partial charge in [0.25, 0.3) is 0 Å². The van der Waals surface area contributed by atoms with Crippen LogP contribution in [0.4, 0.5) is 5.69 Å². The highest BCUT2D eigenvalue weighted by molar-refractivity contribution is 6.31. The van der Waals surface area contributed by atoms with E-state index in [4.69, 9.17) is 16.7 Å². The van der Waals surface area contributed by atoms with Crippen LogP contribution in [0.3, 0.4) is 0 Å². The van der Waals surface area contributed by atoms with E-state index in [0.717, 1.165) is 24.6 Å². The molecule has 2 rings (SSSR count). The molecule has 1 aromatic rings. The fourth-order valence-electron chi connectivity index (χ4n) is 2.98. The summed E-state index contributed by atoms with van der Waals surface area (Å²) in [6.45, 7) is 4.53. The molecule has 0 spiro atoms. The summed E-state index contributed by atoms with van der Waals surface area (Å²) in [4.78, 5) is 2.43. The molecule has 19 heavy (non-hydrogen) atoms. The van der Waals surface area contributed by atoms with Crippen molar-refractivity contribution in [3.8, 4) is 0 Å². The summed E-state index contributed by atoms with van der Waals surface area (Å²) < 4.78 is 0. The Kier molecular flexibility index (Phi) is 5.53. The first kappa shape index (κ1) is 14.7. The molecule has 3 heteroatoms. The lowest BCUT2D eigenvalue weighted by molar-refractivity contribution is 0.282. The average molecular weight is 282 g/mol. The second-order valence-electron chi connectivity index (χ2n) is 5.51. The van der Waals surface area contributed by atoms with E-state index in [-0.39, 0.29) is 6.61 Å². The maximum Gasteiger partial charge on any atom is 0.0696 e. The maximum atomic E-state index is 9.16. The zero-order valence-corrected chi connectivity index (χ0v) is 12.5. The Morgan fingerprint density at radius 3 is 2.84 bits per heavy atom. The maximum absolute atomic E-state index is 9.16. The van der Waals surface area contributed by atoms with Gasteiger partial charge in [-0.15, -0.1) is 0 Å². The van der Waals surface area contributed by atoms with Crippen molar-refractivity contribution in [2.24, 2.45) is 5.92 Å². The van der Waals surface area contributed by atoms with Gasteiger partial charge in [-0.25, -0.2) is 0 Å². The Morgan fingerprint density at radius 1 is 1.32 bits per heavy atom. The van der Waals surface area contributed by atoms with E-state index in [9.17, 15) is 0 Å². The fourth-order valence-corrected chi connectivity index (χ4v) is 3.22. The van der Waals surface area contributed by atoms with Crippen molar-refractivity contribution in [2.45, 2.75) is 45.6 Å². The van der Waals surface area contributed by atoms with E-state index in [1.54, 1.807) is 0 Å². The van der Waals surface area contributed by atoms with Crippen molar-refractivity contribution >= 4 is 17.3 Å². The minimum absolute atomic E-state index is 0.0116. The highest BCUT2D eigenvalue weighted by Gasteiger charge is 2.17. The first-order chi connectivity index (χ1) is 9.24. The highest BCUT2D eigenvalue weighted by Crippen LogP contribution is 2.28. The van der Waals surface area contributed by atoms with Gasteiger partial charge in [-0.1, -0.05) is 37.4 Å². The zero-order valence-electron chi connectivity index (χ0n) is 11.7. The standard InChI is InChI=1S/C16H24ClNO/c1-2-4-13-5-3-9-18(10-8-13)15-7-6-14(12-19)16(17)11-15/h6-7,11,13,19H,2-5,8-10,12H2,1H3. The summed E-state index contributed by atoms with van der Waals surface area (Å²) in [5.74, 6) is 0.891. The Morgan fingerprint density at radius 2 is 2.16 bits per heavy atom. The molecule has 0 amide bonds. The average Bonchev–Trinajstić information content (AvgIpc) is 2.65. The molecule has 1 atom stereocenters. The third-order valence-electron chi connectivity index (χ3n) is 4.12. The van der Waals surface area contributed by atoms with Crippen molar-refractivity contribution in [3.05, 3.63) is 28.8 Å². The molecule has 0 aromatic heterocycles. The number of hydrogen-bond acceptors (Lipinski definition) is 2. The molecule has 0 bridgehead atoms. The summed E-state index contributed by atoms with van der Waals surface area (Å²) in [5, 5.41) is 9.84. The summed E-state index contributed by atoms with van der Waals surface area (Å²) in [6.07, 6.45) is 6.56. The van der Waals surface area contributed by atoms with E-state index < -0.39 is 0 Å². The number of aliphatic hydroxyl groups excluding tert-OH is 1. The van der Waals surface area contributed by atoms with E-state index in [1.807, 2.05) is 12.1 Å². The first-order valence-corrected chi connectivity index (χ1v) is 7.76. The zero-order chi connectivity index (χ0) is 13.7. The van der Waals surface area contributed by atoms with Gasteiger partial charge in [-0.3, -0.25) is 0 Å². The molecule has 1 N–H and O–H groups in total. The van der Waals surface area contributed by atoms with Crippen LogP contribution < -0.4 is 4.90 Å². The van der Waals surface area contributed by atoms with Crippen molar-refractivity contribution in [2.75, 3.05) is 18.0 Å². The third-order valence-corrected chi connectivity index (χ3v) is 4.47. The summed E-state index contributed by atoms with van der Waals surface area (Å²) >= 11 is 6.18. The SMILES string of the molecule is CCCC1CCCN(c2ccc(CO)c(Cl)c2)CC1. The molecule has 0 aliphatic carbocycles. The number of anilines is 1. The Balaban J connectivity index is 2.03. The summed E-state index contributed by atoms with van der Waals surface area (Å²) in [5.41, 5.74) is 2.00. The van der Waals surface area contributed by atoms with Crippen LogP contribution in [0.1, 0.15) is 44.6 Å². The van der Waals surface area contributed by atoms with Gasteiger partial charge in [-0.05, 0) is 42.9 Å². The molecule has 106 valence electrons. The van der Waals surface area contributed by atoms with Gasteiger partial charge >= 0.3 is 0 Å². The lowest BCUT2D eigenvalue weighted by atomic mass is 9.96. The molecule has 1 saturated heterocycles. The normalized spacial score (nSPS) is 20.4. The topological polar surface area (TPSA) is 23.5 Å². The molecule has 1 aliphatic rings. The van der Waals surface area contributed by atoms with Crippen LogP contribution in [-0.2, 0) is 6.61 Å². The Hall–Kier alpha value is -0.730. The summed E-state index contributed by atoms with van der Waals surface area (Å²) in [6, 6.07) is 6.01. The second-order valence-corrected chi connectivity index (χ2v) is 5.91. The molecule has 1 aliphatic heterocycles. The number of aliphatic hydroxyl groups is 1. The molecule has 0 radical (unpaired) electrons. The number of halogens is 1. The van der Waals surface area contributed by atoms with E-state index in [2.05, 4.69) is 17.9 Å². The molecule has 1 aromatic carbocycles. The largest absolute Gasteiger partial charge is 0.392 e. The van der Waals surface area contributed by atoms with Crippen LogP contribution in [0, 0.1) is 5.92 Å². The molecule has 0 saturated carbocycles. The van der Waals surface area contributed by atoms with Gasteiger partial charge in [0.05, 0.1) is 6.61 Å². The fraction of sp³-hybridized carbons (Fsp3) is 0.625. The first-order valence-electron chi connectivity index (χ1n) is 7.38. The Bertz CT molecular complexity index is 408. The Labute approximate surface area is 121 Å². The molecule has 1 fully saturated rings. The van der Waals surface area contributed by atoms with Crippen molar-refractivity contribution < 1.29 is 5.11 Å². The monoisotopic (exact) mass is 281 g/mol. The minimum atomic E-state index is 0.0116. The number of benzene rings is 1. The number of nitrogens with zero attached hydrogens (tertiary/aromatic N) is 1. The number of rotatable bonds is 4. The van der Waals surface area contributed by atoms with Gasteiger partial charge < -0.3 is 10.0 Å². The third kappa shape index (κ3) is 3.87. The predicted octanol–water partition coefficient (Wildman–Crippen LogP) is 4.24. The summed E-state index contributed by atoms with van der Waals surface area (Å²) in [7, 11) is 0. The van der Waals surface area contributed by atoms with E-state index in [0.29, 0.717) is 5.02 Å². The van der Waals surface area contributed by atoms with Crippen LogP contribution in [0.25, 0.3) is 0 Å². The van der Waals surface area contributed by atoms with E-state index >= 15 is 0 Å². The van der Waals surface area contributed by atoms with Gasteiger partial charge in [0.2, 0.25) is 0 Å². The van der Waals surface area contributed by atoms with Crippen molar-refractivity contribution in [1.29, 1.82) is 0 Å². The van der Waals surface area contributed by atoms with Crippen molar-refractivity contribution in [3.63, 3.8) is 0 Å². The smallest absolute Gasteiger partial charge is 0.0696 e. The lowest BCUT2D eigenvalue weighted by Gasteiger charge is -2.23. The van der Waals surface area contributed by atoms with Crippen LogP contribution in [0.5, 0.6) is 0 Å². The second kappa shape index (κ2) is 7.16. The molecular weight excluding hydrogens is 258 g/mol. The van der Waals surface area contributed by atoms with Crippen LogP contribution >= 0.6 is 11.6 Å². The quantitative estimate of drug-likeness (QED) is 0.892. The number of hydrogen-bond donors (Lipinski definition) is 1.